The van der Waals surface area contributed by atoms with E-state index in [9.17, 15) is 0 Å². The van der Waals surface area contributed by atoms with Crippen molar-refractivity contribution in [3.8, 4) is 0 Å². The second kappa shape index (κ2) is 29.5. The Morgan fingerprint density at radius 2 is 0.747 bits per heavy atom. The van der Waals surface area contributed by atoms with E-state index in [1.54, 1.807) is 42.5 Å². The number of nitrogens with zero attached hydrogens (tertiary/aromatic N) is 2. The maximum Gasteiger partial charge on any atom is 0.468 e. The average Bonchev–Trinajstić information content (AvgIpc) is 1.82. The molecule has 0 bridgehead atoms. The van der Waals surface area contributed by atoms with Crippen LogP contribution in [0.3, 0.4) is 0 Å². The fourth-order valence-corrected chi connectivity index (χ4v) is 10.8. The van der Waals surface area contributed by atoms with Gasteiger partial charge in [-0.25, -0.2) is 4.99 Å². The number of hydrogen-bond acceptors (Lipinski definition) is 13. The van der Waals surface area contributed by atoms with Gasteiger partial charge in [-0.2, -0.15) is 13.2 Å². The van der Waals surface area contributed by atoms with Gasteiger partial charge in [0.25, 0.3) is 17.7 Å². The van der Waals surface area contributed by atoms with Gasteiger partial charge in [0.05, 0.1) is 69.7 Å². The van der Waals surface area contributed by atoms with E-state index in [2.05, 4.69) is 4.99 Å². The second-order valence-corrected chi connectivity index (χ2v) is 21.1. The summed E-state index contributed by atoms with van der Waals surface area (Å²) in [6.45, 7) is -0.151. The first kappa shape index (κ1) is 60.5. The summed E-state index contributed by atoms with van der Waals surface area (Å²) in [6.07, 6.45) is -17.4. The van der Waals surface area contributed by atoms with Crippen LogP contribution in [0.2, 0.25) is 0 Å². The third kappa shape index (κ3) is 15.7. The molecule has 10 atom stereocenters. The summed E-state index contributed by atoms with van der Waals surface area (Å²) in [6, 6.07) is 68.4. The number of benzene rings is 8. The molecule has 448 valence electrons. The number of amides is 2. The minimum absolute atomic E-state index is 0.00567. The first-order valence-electron chi connectivity index (χ1n) is 28.8. The molecule has 0 radical (unpaired) electrons. The van der Waals surface area contributed by atoms with E-state index >= 15 is 22.8 Å². The number of para-hydroxylation sites is 1. The van der Waals surface area contributed by atoms with Crippen LogP contribution in [-0.2, 0) is 87.0 Å². The van der Waals surface area contributed by atoms with Crippen molar-refractivity contribution in [3.05, 3.63) is 281 Å². The van der Waals surface area contributed by atoms with Crippen LogP contribution in [0.4, 0.5) is 18.9 Å². The molecule has 0 saturated carbocycles. The minimum Gasteiger partial charge on any atom is -0.442 e. The van der Waals surface area contributed by atoms with E-state index in [0.717, 1.165) is 32.7 Å². The van der Waals surface area contributed by atoms with Gasteiger partial charge >= 0.3 is 6.18 Å². The highest BCUT2D eigenvalue weighted by molar-refractivity contribution is 6.21. The van der Waals surface area contributed by atoms with Gasteiger partial charge in [0, 0.05) is 0 Å². The normalized spacial score (nSPS) is 23.1. The van der Waals surface area contributed by atoms with Crippen molar-refractivity contribution >= 4 is 23.4 Å². The summed E-state index contributed by atoms with van der Waals surface area (Å²) >= 11 is 0. The van der Waals surface area contributed by atoms with Gasteiger partial charge in [0.15, 0.2) is 6.29 Å². The maximum atomic E-state index is 15.6. The summed E-state index contributed by atoms with van der Waals surface area (Å²) in [7, 11) is 0. The highest BCUT2D eigenvalue weighted by Gasteiger charge is 2.59. The molecule has 3 aliphatic rings. The lowest BCUT2D eigenvalue weighted by atomic mass is 9.93. The van der Waals surface area contributed by atoms with Gasteiger partial charge in [-0.1, -0.05) is 212 Å². The van der Waals surface area contributed by atoms with E-state index in [-0.39, 0.29) is 69.7 Å². The number of fused-ring (bicyclic) bond motifs is 1. The van der Waals surface area contributed by atoms with Crippen LogP contribution in [0.15, 0.2) is 242 Å². The van der Waals surface area contributed by atoms with Crippen molar-refractivity contribution in [2.45, 2.75) is 107 Å². The third-order valence-electron chi connectivity index (χ3n) is 15.0. The number of ether oxygens (including phenoxy) is 10. The van der Waals surface area contributed by atoms with Crippen LogP contribution in [0, 0.1) is 0 Å². The first-order valence-corrected chi connectivity index (χ1v) is 28.8. The van der Waals surface area contributed by atoms with Gasteiger partial charge in [-0.3, -0.25) is 14.5 Å². The molecule has 0 aliphatic carbocycles. The van der Waals surface area contributed by atoms with Crippen molar-refractivity contribution in [1.29, 1.82) is 0 Å². The number of carbonyl (C=O) groups excluding carboxylic acids is 2. The summed E-state index contributed by atoms with van der Waals surface area (Å²) in [5.41, 5.74) is 4.75. The van der Waals surface area contributed by atoms with Crippen LogP contribution < -0.4 is 0 Å². The van der Waals surface area contributed by atoms with Crippen LogP contribution in [0.5, 0.6) is 0 Å². The Balaban J connectivity index is 1.06. The quantitative estimate of drug-likeness (QED) is 0.0305. The van der Waals surface area contributed by atoms with Gasteiger partial charge < -0.3 is 47.4 Å². The fraction of sp³-hybridized carbons (Fsp3) is 0.271. The lowest BCUT2D eigenvalue weighted by molar-refractivity contribution is -0.365. The van der Waals surface area contributed by atoms with Crippen LogP contribution in [-0.4, -0.2) is 103 Å². The number of carbonyl (C=O) groups is 2. The Morgan fingerprint density at radius 3 is 1.17 bits per heavy atom. The van der Waals surface area contributed by atoms with E-state index in [4.69, 9.17) is 47.4 Å². The summed E-state index contributed by atoms with van der Waals surface area (Å²) in [5, 5.41) is 0. The second-order valence-electron chi connectivity index (χ2n) is 21.1. The lowest BCUT2D eigenvalue weighted by Gasteiger charge is -2.51. The van der Waals surface area contributed by atoms with E-state index in [0.29, 0.717) is 5.56 Å². The molecule has 8 aromatic carbocycles. The molecule has 2 fully saturated rings. The van der Waals surface area contributed by atoms with Crippen LogP contribution in [0.25, 0.3) is 0 Å². The van der Waals surface area contributed by atoms with E-state index in [1.807, 2.05) is 158 Å². The van der Waals surface area contributed by atoms with Crippen LogP contribution >= 0.6 is 0 Å². The molecule has 2 saturated heterocycles. The van der Waals surface area contributed by atoms with Crippen molar-refractivity contribution in [3.63, 3.8) is 0 Å². The third-order valence-corrected chi connectivity index (χ3v) is 15.0. The number of hydrogen-bond donors (Lipinski definition) is 0. The topological polar surface area (TPSA) is 142 Å². The predicted molar refractivity (Wildman–Crippen MR) is 316 cm³/mol. The molecule has 0 aromatic heterocycles. The fourth-order valence-electron chi connectivity index (χ4n) is 10.8. The standard InChI is InChI=1S/C70H65F3N2O12/c71-70(72,73)69(74-54-36-20-7-21-37-54)87-67-59(75-65(76)55-38-22-23-39-56(55)66(75)77)62(81-43-51-30-14-4-15-31-51)61(58(84-67)47-79-41-49-26-10-2-11-27-49)86-68-64(83-45-53-34-18-6-19-35-53)63(82-44-52-32-16-5-17-33-52)60(80-42-50-28-12-3-13-29-50)57(85-68)46-78-40-48-24-8-1-9-25-48/h1-39,57-64,67-68H,40-47H2/t57-,58-,59-,60+,61-,62-,63+,64-,67+,68+/m0/s1. The molecule has 0 spiro atoms. The average molecular weight is 1180 g/mol. The van der Waals surface area contributed by atoms with Crippen molar-refractivity contribution in [1.82, 2.24) is 4.90 Å². The molecular formula is C70H65F3N2O12. The molecule has 0 unspecified atom stereocenters. The number of imide groups is 1. The molecule has 0 N–H and O–H groups in total. The SMILES string of the molecule is O=C1c2ccccc2C(=O)N1[C@@H]1[C@@H](OC(=Nc2ccccc2)C(F)(F)F)O[C@@H](COCc2ccccc2)[C@H](O[C@H]2O[C@@H](COCc3ccccc3)[C@@H](OCc3ccccc3)[C@@H](OCc3ccccc3)[C@@H]2OCc2ccccc2)[C@H]1OCc1ccccc1. The Bertz CT molecular complexity index is 3420. The zero-order chi connectivity index (χ0) is 59.8. The van der Waals surface area contributed by atoms with Gasteiger partial charge in [-0.05, 0) is 57.6 Å². The zero-order valence-electron chi connectivity index (χ0n) is 47.4. The monoisotopic (exact) mass is 1180 g/mol. The van der Waals surface area contributed by atoms with E-state index in [1.165, 1.54) is 36.4 Å². The van der Waals surface area contributed by atoms with Crippen molar-refractivity contribution < 1.29 is 70.1 Å². The number of rotatable bonds is 25. The molecule has 3 heterocycles. The molecule has 87 heavy (non-hydrogen) atoms. The highest BCUT2D eigenvalue weighted by atomic mass is 19.4. The van der Waals surface area contributed by atoms with Crippen LogP contribution in [0.1, 0.15) is 54.1 Å². The molecule has 11 rings (SSSR count). The minimum atomic E-state index is -5.23. The number of alkyl halides is 3. The summed E-state index contributed by atoms with van der Waals surface area (Å²) in [5.74, 6) is -3.38. The molecule has 17 heteroatoms. The Hall–Kier alpha value is -8.20. The van der Waals surface area contributed by atoms with Gasteiger partial charge in [0.1, 0.15) is 48.8 Å². The summed E-state index contributed by atoms with van der Waals surface area (Å²) < 4.78 is 115. The molecular weight excluding hydrogens is 1120 g/mol. The summed E-state index contributed by atoms with van der Waals surface area (Å²) in [4.78, 5) is 34.8. The van der Waals surface area contributed by atoms with Gasteiger partial charge in [0.2, 0.25) is 6.29 Å². The lowest BCUT2D eigenvalue weighted by Crippen LogP contribution is -2.69. The molecule has 2 amide bonds. The Morgan fingerprint density at radius 1 is 0.402 bits per heavy atom. The predicted octanol–water partition coefficient (Wildman–Crippen LogP) is 12.6. The van der Waals surface area contributed by atoms with Gasteiger partial charge in [-0.15, -0.1) is 0 Å². The molecule has 8 aromatic rings. The first-order chi connectivity index (χ1) is 42.6. The molecule has 14 nitrogen and oxygen atoms in total. The number of aliphatic imine (C=N–C) groups is 1. The molecule has 3 aliphatic heterocycles. The van der Waals surface area contributed by atoms with Crippen molar-refractivity contribution in [2.24, 2.45) is 4.99 Å². The Kier molecular flexibility index (Phi) is 20.5. The highest BCUT2D eigenvalue weighted by Crippen LogP contribution is 2.40. The number of halogens is 3. The smallest absolute Gasteiger partial charge is 0.442 e. The Labute approximate surface area is 502 Å². The van der Waals surface area contributed by atoms with Crippen molar-refractivity contribution in [2.75, 3.05) is 13.2 Å². The van der Waals surface area contributed by atoms with E-state index < -0.39 is 85.2 Å². The largest absolute Gasteiger partial charge is 0.468 e. The zero-order valence-corrected chi connectivity index (χ0v) is 47.4. The maximum absolute atomic E-state index is 15.6.